The van der Waals surface area contributed by atoms with Gasteiger partial charge in [0.05, 0.1) is 16.3 Å². The van der Waals surface area contributed by atoms with Crippen molar-refractivity contribution in [2.24, 2.45) is 11.7 Å². The van der Waals surface area contributed by atoms with Gasteiger partial charge in [-0.1, -0.05) is 19.1 Å². The van der Waals surface area contributed by atoms with E-state index in [1.54, 1.807) is 12.1 Å². The minimum absolute atomic E-state index is 0.152. The van der Waals surface area contributed by atoms with Crippen LogP contribution in [0.4, 0.5) is 5.69 Å². The molecule has 0 aliphatic carbocycles. The predicted octanol–water partition coefficient (Wildman–Crippen LogP) is 2.04. The maximum absolute atomic E-state index is 12.4. The van der Waals surface area contributed by atoms with Crippen molar-refractivity contribution in [2.45, 2.75) is 37.6 Å². The number of sulfone groups is 1. The summed E-state index contributed by atoms with van der Waals surface area (Å²) in [5.74, 6) is 0.645. The van der Waals surface area contributed by atoms with Gasteiger partial charge in [0.25, 0.3) is 0 Å². The minimum Gasteiger partial charge on any atom is -0.370 e. The van der Waals surface area contributed by atoms with Crippen molar-refractivity contribution >= 4 is 15.5 Å². The van der Waals surface area contributed by atoms with Gasteiger partial charge in [-0.15, -0.1) is 0 Å². The first-order chi connectivity index (χ1) is 9.45. The monoisotopic (exact) mass is 296 g/mol. The zero-order valence-electron chi connectivity index (χ0n) is 12.2. The molecule has 1 saturated heterocycles. The number of nitrogens with two attached hydrogens (primary N) is 1. The molecule has 2 rings (SSSR count). The first-order valence-electron chi connectivity index (χ1n) is 7.28. The van der Waals surface area contributed by atoms with E-state index in [1.807, 2.05) is 26.0 Å². The van der Waals surface area contributed by atoms with E-state index in [2.05, 4.69) is 4.90 Å². The average molecular weight is 296 g/mol. The predicted molar refractivity (Wildman–Crippen MR) is 82.8 cm³/mol. The Hall–Kier alpha value is -1.07. The first kappa shape index (κ1) is 15.3. The topological polar surface area (TPSA) is 63.4 Å². The van der Waals surface area contributed by atoms with E-state index < -0.39 is 9.84 Å². The molecule has 5 heteroatoms. The molecule has 4 nitrogen and oxygen atoms in total. The molecule has 2 N–H and O–H groups in total. The normalized spacial score (nSPS) is 21.1. The van der Waals surface area contributed by atoms with Gasteiger partial charge in [-0.05, 0) is 37.8 Å². The Morgan fingerprint density at radius 1 is 1.40 bits per heavy atom. The van der Waals surface area contributed by atoms with Gasteiger partial charge in [0.1, 0.15) is 0 Å². The summed E-state index contributed by atoms with van der Waals surface area (Å²) < 4.78 is 24.7. The molecule has 1 fully saturated rings. The van der Waals surface area contributed by atoms with E-state index in [0.29, 0.717) is 17.2 Å². The number of rotatable bonds is 5. The fraction of sp³-hybridized carbons (Fsp3) is 0.600. The highest BCUT2D eigenvalue weighted by molar-refractivity contribution is 7.91. The van der Waals surface area contributed by atoms with Gasteiger partial charge in [-0.3, -0.25) is 0 Å². The average Bonchev–Trinajstić information content (AvgIpc) is 2.88. The molecular weight excluding hydrogens is 272 g/mol. The van der Waals surface area contributed by atoms with Crippen molar-refractivity contribution in [2.75, 3.05) is 23.7 Å². The van der Waals surface area contributed by atoms with Crippen LogP contribution in [0.2, 0.25) is 0 Å². The fourth-order valence-corrected chi connectivity index (χ4v) is 4.35. The van der Waals surface area contributed by atoms with E-state index >= 15 is 0 Å². The Kier molecular flexibility index (Phi) is 4.70. The summed E-state index contributed by atoms with van der Waals surface area (Å²) in [7, 11) is -3.19. The molecule has 0 amide bonds. The highest BCUT2D eigenvalue weighted by Gasteiger charge is 2.28. The van der Waals surface area contributed by atoms with Gasteiger partial charge in [0.2, 0.25) is 0 Å². The Balaban J connectivity index is 2.30. The lowest BCUT2D eigenvalue weighted by Gasteiger charge is -2.22. The molecule has 2 atom stereocenters. The number of hydrogen-bond acceptors (Lipinski definition) is 4. The third kappa shape index (κ3) is 3.15. The van der Waals surface area contributed by atoms with Gasteiger partial charge in [0, 0.05) is 19.1 Å². The highest BCUT2D eigenvalue weighted by atomic mass is 32.2. The molecule has 0 spiro atoms. The van der Waals surface area contributed by atoms with Gasteiger partial charge in [-0.25, -0.2) is 8.42 Å². The molecule has 1 aliphatic rings. The van der Waals surface area contributed by atoms with Gasteiger partial charge in [-0.2, -0.15) is 0 Å². The molecule has 2 unspecified atom stereocenters. The van der Waals surface area contributed by atoms with E-state index in [0.717, 1.165) is 25.2 Å². The molecule has 0 bridgehead atoms. The van der Waals surface area contributed by atoms with E-state index in [4.69, 9.17) is 5.73 Å². The second-order valence-corrected chi connectivity index (χ2v) is 7.72. The Morgan fingerprint density at radius 3 is 2.70 bits per heavy atom. The molecule has 0 radical (unpaired) electrons. The van der Waals surface area contributed by atoms with E-state index in [-0.39, 0.29) is 11.8 Å². The largest absolute Gasteiger partial charge is 0.370 e. The molecular formula is C15H24N2O2S. The lowest BCUT2D eigenvalue weighted by Crippen LogP contribution is -2.30. The number of benzene rings is 1. The van der Waals surface area contributed by atoms with Crippen LogP contribution in [0.3, 0.4) is 0 Å². The van der Waals surface area contributed by atoms with Crippen LogP contribution in [0.25, 0.3) is 0 Å². The van der Waals surface area contributed by atoms with Gasteiger partial charge < -0.3 is 10.6 Å². The second kappa shape index (κ2) is 6.14. The van der Waals surface area contributed by atoms with Gasteiger partial charge >= 0.3 is 0 Å². The second-order valence-electron chi connectivity index (χ2n) is 5.64. The Bertz CT molecular complexity index is 555. The summed E-state index contributed by atoms with van der Waals surface area (Å²) in [5.41, 5.74) is 6.80. The third-order valence-electron chi connectivity index (χ3n) is 3.98. The maximum atomic E-state index is 12.4. The van der Waals surface area contributed by atoms with Crippen LogP contribution in [-0.4, -0.2) is 33.3 Å². The maximum Gasteiger partial charge on any atom is 0.180 e. The van der Waals surface area contributed by atoms with Crippen molar-refractivity contribution in [1.82, 2.24) is 0 Å². The zero-order chi connectivity index (χ0) is 14.8. The molecule has 1 aromatic rings. The van der Waals surface area contributed by atoms with Crippen molar-refractivity contribution in [3.05, 3.63) is 24.3 Å². The highest BCUT2D eigenvalue weighted by Crippen LogP contribution is 2.31. The summed E-state index contributed by atoms with van der Waals surface area (Å²) >= 11 is 0. The molecule has 0 aromatic heterocycles. The van der Waals surface area contributed by atoms with Crippen molar-refractivity contribution in [3.63, 3.8) is 0 Å². The summed E-state index contributed by atoms with van der Waals surface area (Å²) in [6, 6.07) is 7.48. The van der Waals surface area contributed by atoms with E-state index in [9.17, 15) is 8.42 Å². The quantitative estimate of drug-likeness (QED) is 0.903. The van der Waals surface area contributed by atoms with Crippen molar-refractivity contribution in [3.8, 4) is 0 Å². The number of para-hydroxylation sites is 1. The van der Waals surface area contributed by atoms with Crippen LogP contribution in [0, 0.1) is 5.92 Å². The standard InChI is InChI=1S/C15H24N2O2S/c1-3-10-20(18,19)15-7-5-4-6-14(15)17-9-8-13(11-17)12(2)16/h4-7,12-13H,3,8-11,16H2,1-2H3. The van der Waals surface area contributed by atoms with Crippen LogP contribution in [-0.2, 0) is 9.84 Å². The van der Waals surface area contributed by atoms with Crippen LogP contribution in [0.15, 0.2) is 29.2 Å². The summed E-state index contributed by atoms with van der Waals surface area (Å²) in [5, 5.41) is 0. The lowest BCUT2D eigenvalue weighted by atomic mass is 10.0. The Morgan fingerprint density at radius 2 is 2.10 bits per heavy atom. The molecule has 0 saturated carbocycles. The summed E-state index contributed by atoms with van der Waals surface area (Å²) in [6.45, 7) is 5.64. The molecule has 20 heavy (non-hydrogen) atoms. The summed E-state index contributed by atoms with van der Waals surface area (Å²) in [6.07, 6.45) is 1.67. The number of anilines is 1. The van der Waals surface area contributed by atoms with Crippen LogP contribution < -0.4 is 10.6 Å². The number of hydrogen-bond donors (Lipinski definition) is 1. The molecule has 112 valence electrons. The van der Waals surface area contributed by atoms with Crippen LogP contribution >= 0.6 is 0 Å². The molecule has 1 aliphatic heterocycles. The summed E-state index contributed by atoms with van der Waals surface area (Å²) in [4.78, 5) is 2.63. The van der Waals surface area contributed by atoms with Crippen LogP contribution in [0.5, 0.6) is 0 Å². The van der Waals surface area contributed by atoms with Gasteiger partial charge in [0.15, 0.2) is 9.84 Å². The molecule has 1 heterocycles. The molecule has 1 aromatic carbocycles. The van der Waals surface area contributed by atoms with Crippen LogP contribution in [0.1, 0.15) is 26.7 Å². The van der Waals surface area contributed by atoms with Crippen molar-refractivity contribution in [1.29, 1.82) is 0 Å². The van der Waals surface area contributed by atoms with Crippen molar-refractivity contribution < 1.29 is 8.42 Å². The minimum atomic E-state index is -3.19. The third-order valence-corrected chi connectivity index (χ3v) is 5.94. The fourth-order valence-electron chi connectivity index (χ4n) is 2.80. The smallest absolute Gasteiger partial charge is 0.180 e. The Labute approximate surface area is 121 Å². The number of nitrogens with zero attached hydrogens (tertiary/aromatic N) is 1. The first-order valence-corrected chi connectivity index (χ1v) is 8.93. The SMILES string of the molecule is CCCS(=O)(=O)c1ccccc1N1CCC(C(C)N)C1. The van der Waals surface area contributed by atoms with E-state index in [1.165, 1.54) is 0 Å². The zero-order valence-corrected chi connectivity index (χ0v) is 13.1. The lowest BCUT2D eigenvalue weighted by molar-refractivity contribution is 0.488.